The lowest BCUT2D eigenvalue weighted by atomic mass is 10.1. The normalized spacial score (nSPS) is 10.9. The Morgan fingerprint density at radius 1 is 1.00 bits per heavy atom. The van der Waals surface area contributed by atoms with Gasteiger partial charge in [-0.25, -0.2) is 0 Å². The van der Waals surface area contributed by atoms with Crippen LogP contribution in [0.4, 0.5) is 5.69 Å². The maximum atomic E-state index is 12.6. The molecule has 3 rings (SSSR count). The molecular weight excluding hydrogens is 480 g/mol. The number of carbonyl (C=O) groups excluding carboxylic acids is 1. The molecule has 0 radical (unpaired) electrons. The van der Waals surface area contributed by atoms with Crippen LogP contribution in [0.5, 0.6) is 11.5 Å². The molecule has 0 heterocycles. The first-order chi connectivity index (χ1) is 15.9. The first kappa shape index (κ1) is 24.1. The van der Waals surface area contributed by atoms with Gasteiger partial charge in [0.15, 0.2) is 11.5 Å². The third-order valence-electron chi connectivity index (χ3n) is 5.01. The highest BCUT2D eigenvalue weighted by Gasteiger charge is 2.12. The maximum absolute atomic E-state index is 12.6. The molecule has 0 aliphatic carbocycles. The zero-order valence-corrected chi connectivity index (χ0v) is 20.4. The second kappa shape index (κ2) is 11.3. The lowest BCUT2D eigenvalue weighted by Gasteiger charge is -2.13. The third kappa shape index (κ3) is 6.71. The molecule has 0 fully saturated rings. The van der Waals surface area contributed by atoms with E-state index in [4.69, 9.17) is 9.47 Å². The monoisotopic (exact) mass is 504 g/mol. The van der Waals surface area contributed by atoms with E-state index < -0.39 is 5.91 Å². The minimum Gasteiger partial charge on any atom is -0.490 e. The van der Waals surface area contributed by atoms with Crippen LogP contribution in [-0.2, 0) is 11.4 Å². The number of nitriles is 1. The summed E-state index contributed by atoms with van der Waals surface area (Å²) in [5.41, 5.74) is 4.79. The topological polar surface area (TPSA) is 71.3 Å². The quantitative estimate of drug-likeness (QED) is 0.277. The van der Waals surface area contributed by atoms with Crippen LogP contribution in [0.1, 0.15) is 29.2 Å². The highest BCUT2D eigenvalue weighted by molar-refractivity contribution is 9.10. The molecule has 0 unspecified atom stereocenters. The molecule has 5 nitrogen and oxygen atoms in total. The first-order valence-corrected chi connectivity index (χ1v) is 11.3. The van der Waals surface area contributed by atoms with Gasteiger partial charge in [-0.2, -0.15) is 5.26 Å². The number of anilines is 1. The van der Waals surface area contributed by atoms with Crippen LogP contribution in [0.3, 0.4) is 0 Å². The Hall–Kier alpha value is -3.56. The largest absolute Gasteiger partial charge is 0.490 e. The zero-order chi connectivity index (χ0) is 23.8. The molecule has 6 heteroatoms. The van der Waals surface area contributed by atoms with Crippen LogP contribution in [0, 0.1) is 25.2 Å². The minimum absolute atomic E-state index is 0.0100. The van der Waals surface area contributed by atoms with Crippen molar-refractivity contribution < 1.29 is 14.3 Å². The number of ether oxygens (including phenoxy) is 2. The number of hydrogen-bond acceptors (Lipinski definition) is 4. The van der Waals surface area contributed by atoms with E-state index in [1.165, 1.54) is 17.2 Å². The predicted octanol–water partition coefficient (Wildman–Crippen LogP) is 6.59. The standard InChI is InChI=1S/C27H25BrN2O3/c1-4-32-26-15-20(7-12-25(26)33-17-21-6-5-18(2)19(3)13-21)14-22(16-29)27(31)30-24-10-8-23(28)9-11-24/h5-15H,4,17H2,1-3H3,(H,30,31)/b22-14+. The lowest BCUT2D eigenvalue weighted by molar-refractivity contribution is -0.112. The van der Waals surface area contributed by atoms with Gasteiger partial charge >= 0.3 is 0 Å². The Bertz CT molecular complexity index is 1210. The number of halogens is 1. The number of nitrogens with one attached hydrogen (secondary N) is 1. The van der Waals surface area contributed by atoms with E-state index in [-0.39, 0.29) is 5.57 Å². The van der Waals surface area contributed by atoms with Gasteiger partial charge in [0.25, 0.3) is 5.91 Å². The molecule has 0 saturated carbocycles. The Labute approximate surface area is 202 Å². The number of amides is 1. The van der Waals surface area contributed by atoms with Crippen LogP contribution in [0.15, 0.2) is 70.7 Å². The number of carbonyl (C=O) groups is 1. The highest BCUT2D eigenvalue weighted by Crippen LogP contribution is 2.30. The summed E-state index contributed by atoms with van der Waals surface area (Å²) in [6.45, 7) is 6.92. The molecule has 0 saturated heterocycles. The Kier molecular flexibility index (Phi) is 8.28. The van der Waals surface area contributed by atoms with Crippen molar-refractivity contribution in [1.29, 1.82) is 5.26 Å². The molecule has 168 valence electrons. The minimum atomic E-state index is -0.479. The summed E-state index contributed by atoms with van der Waals surface area (Å²) in [4.78, 5) is 12.6. The van der Waals surface area contributed by atoms with Gasteiger partial charge in [-0.3, -0.25) is 4.79 Å². The third-order valence-corrected chi connectivity index (χ3v) is 5.54. The van der Waals surface area contributed by atoms with Crippen molar-refractivity contribution in [3.63, 3.8) is 0 Å². The van der Waals surface area contributed by atoms with Crippen LogP contribution < -0.4 is 14.8 Å². The molecule has 33 heavy (non-hydrogen) atoms. The van der Waals surface area contributed by atoms with Crippen LogP contribution in [0.2, 0.25) is 0 Å². The van der Waals surface area contributed by atoms with E-state index in [9.17, 15) is 10.1 Å². The van der Waals surface area contributed by atoms with Crippen molar-refractivity contribution in [3.8, 4) is 17.6 Å². The first-order valence-electron chi connectivity index (χ1n) is 10.5. The van der Waals surface area contributed by atoms with Gasteiger partial charge in [-0.15, -0.1) is 0 Å². The molecule has 1 amide bonds. The van der Waals surface area contributed by atoms with Crippen molar-refractivity contribution in [1.82, 2.24) is 0 Å². The summed E-state index contributed by atoms with van der Waals surface area (Å²) in [6, 6.07) is 20.7. The maximum Gasteiger partial charge on any atom is 0.266 e. The molecule has 1 N–H and O–H groups in total. The number of benzene rings is 3. The fourth-order valence-electron chi connectivity index (χ4n) is 3.10. The number of nitrogens with zero attached hydrogens (tertiary/aromatic N) is 1. The lowest BCUT2D eigenvalue weighted by Crippen LogP contribution is -2.13. The van der Waals surface area contributed by atoms with Gasteiger partial charge in [0, 0.05) is 10.2 Å². The molecule has 0 spiro atoms. The summed E-state index contributed by atoms with van der Waals surface area (Å²) in [7, 11) is 0. The number of rotatable bonds is 8. The van der Waals surface area contributed by atoms with Gasteiger partial charge in [-0.05, 0) is 85.5 Å². The molecule has 0 aromatic heterocycles. The fourth-order valence-corrected chi connectivity index (χ4v) is 3.37. The Morgan fingerprint density at radius 3 is 2.42 bits per heavy atom. The van der Waals surface area contributed by atoms with Crippen LogP contribution in [-0.4, -0.2) is 12.5 Å². The SMILES string of the molecule is CCOc1cc(/C=C(\C#N)C(=O)Nc2ccc(Br)cc2)ccc1OCc1ccc(C)c(C)c1. The molecule has 3 aromatic carbocycles. The second-order valence-corrected chi connectivity index (χ2v) is 8.39. The summed E-state index contributed by atoms with van der Waals surface area (Å²) in [5, 5.41) is 12.2. The summed E-state index contributed by atoms with van der Waals surface area (Å²) < 4.78 is 12.7. The van der Waals surface area contributed by atoms with E-state index in [0.29, 0.717) is 36.0 Å². The van der Waals surface area contributed by atoms with Crippen LogP contribution in [0.25, 0.3) is 6.08 Å². The number of hydrogen-bond donors (Lipinski definition) is 1. The summed E-state index contributed by atoms with van der Waals surface area (Å²) in [5.74, 6) is 0.679. The second-order valence-electron chi connectivity index (χ2n) is 7.48. The van der Waals surface area contributed by atoms with E-state index in [1.807, 2.05) is 31.2 Å². The molecular formula is C27H25BrN2O3. The van der Waals surface area contributed by atoms with Crippen molar-refractivity contribution in [2.45, 2.75) is 27.4 Å². The molecule has 0 aliphatic heterocycles. The van der Waals surface area contributed by atoms with E-state index in [2.05, 4.69) is 47.2 Å². The molecule has 0 atom stereocenters. The van der Waals surface area contributed by atoms with Gasteiger partial charge in [-0.1, -0.05) is 40.2 Å². The van der Waals surface area contributed by atoms with E-state index in [0.717, 1.165) is 10.0 Å². The van der Waals surface area contributed by atoms with Crippen molar-refractivity contribution in [2.75, 3.05) is 11.9 Å². The fraction of sp³-hybridized carbons (Fsp3) is 0.185. The average Bonchev–Trinajstić information content (AvgIpc) is 2.80. The Balaban J connectivity index is 1.77. The molecule has 0 aliphatic rings. The summed E-state index contributed by atoms with van der Waals surface area (Å²) >= 11 is 3.36. The van der Waals surface area contributed by atoms with Crippen molar-refractivity contribution in [2.24, 2.45) is 0 Å². The highest BCUT2D eigenvalue weighted by atomic mass is 79.9. The predicted molar refractivity (Wildman–Crippen MR) is 134 cm³/mol. The van der Waals surface area contributed by atoms with Gasteiger partial charge in [0.05, 0.1) is 6.61 Å². The molecule has 3 aromatic rings. The Morgan fingerprint density at radius 2 is 1.76 bits per heavy atom. The van der Waals surface area contributed by atoms with Gasteiger partial charge in [0.2, 0.25) is 0 Å². The number of aryl methyl sites for hydroxylation is 2. The molecule has 0 bridgehead atoms. The smallest absolute Gasteiger partial charge is 0.266 e. The average molecular weight is 505 g/mol. The van der Waals surface area contributed by atoms with Gasteiger partial charge in [0.1, 0.15) is 18.2 Å². The van der Waals surface area contributed by atoms with Crippen molar-refractivity contribution >= 4 is 33.6 Å². The van der Waals surface area contributed by atoms with Gasteiger partial charge < -0.3 is 14.8 Å². The van der Waals surface area contributed by atoms with Crippen LogP contribution >= 0.6 is 15.9 Å². The summed E-state index contributed by atoms with van der Waals surface area (Å²) in [6.07, 6.45) is 1.53. The van der Waals surface area contributed by atoms with E-state index >= 15 is 0 Å². The van der Waals surface area contributed by atoms with Crippen molar-refractivity contribution in [3.05, 3.63) is 93.0 Å². The zero-order valence-electron chi connectivity index (χ0n) is 18.8. The van der Waals surface area contributed by atoms with E-state index in [1.54, 1.807) is 30.3 Å².